The van der Waals surface area contributed by atoms with E-state index in [1.165, 1.54) is 0 Å². The van der Waals surface area contributed by atoms with Gasteiger partial charge in [0.1, 0.15) is 34.5 Å². The molecule has 14 nitrogen and oxygen atoms in total. The van der Waals surface area contributed by atoms with Crippen LogP contribution in [0.4, 0.5) is 0 Å². The van der Waals surface area contributed by atoms with Crippen LogP contribution in [0.5, 0.6) is 80.5 Å². The van der Waals surface area contributed by atoms with E-state index in [9.17, 15) is 71.5 Å². The fraction of sp³-hybridized carbons (Fsp3) is 0.163. The molecule has 0 saturated heterocycles. The fourth-order valence-corrected chi connectivity index (χ4v) is 6.77. The lowest BCUT2D eigenvalue weighted by Crippen LogP contribution is -2.21. The second-order valence-electron chi connectivity index (χ2n) is 14.5. The first-order chi connectivity index (χ1) is 26.7. The lowest BCUT2D eigenvalue weighted by molar-refractivity contribution is 0.394. The molecule has 0 aromatic heterocycles. The summed E-state index contributed by atoms with van der Waals surface area (Å²) in [5.74, 6) is -6.40. The van der Waals surface area contributed by atoms with Gasteiger partial charge in [-0.3, -0.25) is 0 Å². The fourth-order valence-electron chi connectivity index (χ4n) is 6.77. The maximum absolute atomic E-state index is 11.6. The zero-order chi connectivity index (χ0) is 41.7. The predicted octanol–water partition coefficient (Wildman–Crippen LogP) is 6.25. The maximum Gasteiger partial charge on any atom is 0.161 e. The molecule has 6 rings (SSSR count). The molecule has 0 aliphatic heterocycles. The van der Waals surface area contributed by atoms with Gasteiger partial charge < -0.3 is 71.5 Å². The van der Waals surface area contributed by atoms with E-state index >= 15 is 0 Å². The highest BCUT2D eigenvalue weighted by molar-refractivity contribution is 5.60. The van der Waals surface area contributed by atoms with Gasteiger partial charge in [-0.1, -0.05) is 38.1 Å². The van der Waals surface area contributed by atoms with E-state index in [-0.39, 0.29) is 105 Å². The van der Waals surface area contributed by atoms with Crippen molar-refractivity contribution in [2.75, 3.05) is 0 Å². The van der Waals surface area contributed by atoms with Crippen LogP contribution < -0.4 is 0 Å². The summed E-state index contributed by atoms with van der Waals surface area (Å²) in [7, 11) is 0. The lowest BCUT2D eigenvalue weighted by atomic mass is 9.74. The number of hydrogen-bond donors (Lipinski definition) is 14. The molecule has 296 valence electrons. The van der Waals surface area contributed by atoms with Crippen molar-refractivity contribution < 1.29 is 71.5 Å². The van der Waals surface area contributed by atoms with E-state index < -0.39 is 51.4 Å². The third kappa shape index (κ3) is 7.73. The Kier molecular flexibility index (Phi) is 10.1. The SMILES string of the molecule is CC(C)(c1cc(Cc2cc(O)c(O)cc2O)c(O)c(Cc2cc(O)c(O)cc2O)c1)c1cc(Cc2cc(O)c(O)cc2O)c(O)c(Cc2cc(O)c(O)cc2O)c1. The third-order valence-electron chi connectivity index (χ3n) is 10.2. The molecule has 0 aliphatic carbocycles. The van der Waals surface area contributed by atoms with Crippen molar-refractivity contribution in [3.05, 3.63) is 128 Å². The molecular weight excluding hydrogens is 740 g/mol. The number of hydrogen-bond acceptors (Lipinski definition) is 14. The van der Waals surface area contributed by atoms with Gasteiger partial charge in [0.15, 0.2) is 46.0 Å². The Morgan fingerprint density at radius 1 is 0.263 bits per heavy atom. The van der Waals surface area contributed by atoms with Crippen LogP contribution in [-0.4, -0.2) is 71.5 Å². The van der Waals surface area contributed by atoms with Crippen LogP contribution in [0.15, 0.2) is 72.8 Å². The molecule has 0 bridgehead atoms. The maximum atomic E-state index is 11.6. The summed E-state index contributed by atoms with van der Waals surface area (Å²) >= 11 is 0. The van der Waals surface area contributed by atoms with Gasteiger partial charge >= 0.3 is 0 Å². The van der Waals surface area contributed by atoms with E-state index in [2.05, 4.69) is 0 Å². The van der Waals surface area contributed by atoms with E-state index in [1.54, 1.807) is 24.3 Å². The van der Waals surface area contributed by atoms with Gasteiger partial charge in [-0.2, -0.15) is 0 Å². The van der Waals surface area contributed by atoms with Gasteiger partial charge in [0, 0.05) is 77.6 Å². The summed E-state index contributed by atoms with van der Waals surface area (Å²) in [6.45, 7) is 3.63. The standard InChI is InChI=1S/C43H40O14/c1-43(2,27-7-23(3-19-11-33(48)37(52)15-29(19)44)41(56)24(8-27)4-20-12-34(49)38(53)16-30(20)45)28-9-25(5-21-13-35(50)39(54)17-31(21)46)42(57)26(10-28)6-22-14-36(51)40(55)18-32(22)47/h7-18,44-57H,3-6H2,1-2H3. The zero-order valence-corrected chi connectivity index (χ0v) is 30.5. The normalized spacial score (nSPS) is 11.5. The summed E-state index contributed by atoms with van der Waals surface area (Å²) in [5.41, 5.74) is 1.43. The van der Waals surface area contributed by atoms with Crippen molar-refractivity contribution in [1.82, 2.24) is 0 Å². The van der Waals surface area contributed by atoms with Gasteiger partial charge in [0.25, 0.3) is 0 Å². The first-order valence-electron chi connectivity index (χ1n) is 17.4. The Hall–Kier alpha value is -7.48. The minimum absolute atomic E-state index is 0.134. The largest absolute Gasteiger partial charge is 0.508 e. The first kappa shape index (κ1) is 39.2. The van der Waals surface area contributed by atoms with E-state index in [1.807, 2.05) is 13.8 Å². The summed E-state index contributed by atoms with van der Waals surface area (Å²) in [6.07, 6.45) is -0.688. The van der Waals surface area contributed by atoms with Crippen LogP contribution >= 0.6 is 0 Å². The average Bonchev–Trinajstić information content (AvgIpc) is 3.13. The van der Waals surface area contributed by atoms with E-state index in [0.29, 0.717) is 11.1 Å². The molecule has 0 fully saturated rings. The molecule has 6 aromatic carbocycles. The van der Waals surface area contributed by atoms with Crippen LogP contribution in [0.25, 0.3) is 0 Å². The number of phenols is 14. The third-order valence-corrected chi connectivity index (χ3v) is 10.2. The molecule has 0 aliphatic rings. The molecule has 14 N–H and O–H groups in total. The predicted molar refractivity (Wildman–Crippen MR) is 205 cm³/mol. The Balaban J connectivity index is 1.55. The molecule has 0 unspecified atom stereocenters. The molecule has 0 saturated carbocycles. The first-order valence-corrected chi connectivity index (χ1v) is 17.4. The number of aromatic hydroxyl groups is 14. The van der Waals surface area contributed by atoms with Crippen LogP contribution in [0.3, 0.4) is 0 Å². The molecular formula is C43H40O14. The molecule has 0 amide bonds. The van der Waals surface area contributed by atoms with Gasteiger partial charge in [-0.15, -0.1) is 0 Å². The van der Waals surface area contributed by atoms with Crippen molar-refractivity contribution in [2.45, 2.75) is 44.9 Å². The lowest BCUT2D eigenvalue weighted by Gasteiger charge is -2.30. The molecule has 0 heterocycles. The van der Waals surface area contributed by atoms with Crippen molar-refractivity contribution >= 4 is 0 Å². The molecule has 57 heavy (non-hydrogen) atoms. The highest BCUT2D eigenvalue weighted by atomic mass is 16.3. The summed E-state index contributed by atoms with van der Waals surface area (Å²) < 4.78 is 0. The molecule has 14 heteroatoms. The Morgan fingerprint density at radius 2 is 0.456 bits per heavy atom. The number of phenolic OH excluding ortho intramolecular Hbond substituents is 14. The van der Waals surface area contributed by atoms with Gasteiger partial charge in [0.2, 0.25) is 0 Å². The minimum Gasteiger partial charge on any atom is -0.508 e. The molecule has 0 spiro atoms. The Labute approximate surface area is 324 Å². The van der Waals surface area contributed by atoms with Crippen molar-refractivity contribution in [3.63, 3.8) is 0 Å². The second kappa shape index (κ2) is 14.6. The number of rotatable bonds is 10. The van der Waals surface area contributed by atoms with Crippen LogP contribution in [0.2, 0.25) is 0 Å². The quantitative estimate of drug-likeness (QED) is 0.0540. The number of benzene rings is 6. The smallest absolute Gasteiger partial charge is 0.161 e. The van der Waals surface area contributed by atoms with Crippen LogP contribution in [0, 0.1) is 0 Å². The van der Waals surface area contributed by atoms with Gasteiger partial charge in [0.05, 0.1) is 0 Å². The van der Waals surface area contributed by atoms with Gasteiger partial charge in [-0.25, -0.2) is 0 Å². The molecule has 0 radical (unpaired) electrons. The zero-order valence-electron chi connectivity index (χ0n) is 30.5. The van der Waals surface area contributed by atoms with Gasteiger partial charge in [-0.05, 0) is 57.6 Å². The summed E-state index contributed by atoms with van der Waals surface area (Å²) in [5, 5.41) is 146. The van der Waals surface area contributed by atoms with Crippen LogP contribution in [-0.2, 0) is 31.1 Å². The van der Waals surface area contributed by atoms with Crippen LogP contribution in [0.1, 0.15) is 69.5 Å². The Morgan fingerprint density at radius 3 is 0.667 bits per heavy atom. The monoisotopic (exact) mass is 780 g/mol. The summed E-state index contributed by atoms with van der Waals surface area (Å²) in [6, 6.07) is 14.9. The highest BCUT2D eigenvalue weighted by Crippen LogP contribution is 2.45. The highest BCUT2D eigenvalue weighted by Gasteiger charge is 2.29. The Bertz CT molecular complexity index is 2220. The van der Waals surface area contributed by atoms with E-state index in [0.717, 1.165) is 48.5 Å². The van der Waals surface area contributed by atoms with E-state index in [4.69, 9.17) is 0 Å². The minimum atomic E-state index is -1.06. The summed E-state index contributed by atoms with van der Waals surface area (Å²) in [4.78, 5) is 0. The second-order valence-corrected chi connectivity index (χ2v) is 14.5. The molecule has 6 aromatic rings. The molecule has 0 atom stereocenters. The van der Waals surface area contributed by atoms with Crippen molar-refractivity contribution in [2.24, 2.45) is 0 Å². The van der Waals surface area contributed by atoms with Crippen molar-refractivity contribution in [1.29, 1.82) is 0 Å². The average molecular weight is 781 g/mol. The topological polar surface area (TPSA) is 283 Å². The van der Waals surface area contributed by atoms with Crippen molar-refractivity contribution in [3.8, 4) is 80.5 Å².